The lowest BCUT2D eigenvalue weighted by molar-refractivity contribution is -0.116. The largest absolute Gasteiger partial charge is 0.362 e. The van der Waals surface area contributed by atoms with Gasteiger partial charge < -0.3 is 10.6 Å². The molecule has 176 valence electrons. The highest BCUT2D eigenvalue weighted by Crippen LogP contribution is 2.45. The minimum Gasteiger partial charge on any atom is -0.362 e. The van der Waals surface area contributed by atoms with E-state index in [0.29, 0.717) is 35.4 Å². The van der Waals surface area contributed by atoms with Gasteiger partial charge in [-0.25, -0.2) is 4.39 Å². The van der Waals surface area contributed by atoms with E-state index in [9.17, 15) is 14.0 Å². The topological polar surface area (TPSA) is 58.2 Å². The van der Waals surface area contributed by atoms with E-state index >= 15 is 0 Å². The summed E-state index contributed by atoms with van der Waals surface area (Å²) in [5.74, 6) is -1.06. The first-order valence-electron chi connectivity index (χ1n) is 11.5. The second kappa shape index (κ2) is 9.62. The monoisotopic (exact) mass is 530 g/mol. The molecule has 4 nitrogen and oxygen atoms in total. The Labute approximate surface area is 212 Å². The SMILES string of the molecule is CC1=C(C(=O)Nc2ccc(F)cc2)C(c2ccc(Br)cc2)C2=C(CC(c3ccccc3)CC2=O)N1. The van der Waals surface area contributed by atoms with Gasteiger partial charge in [-0.3, -0.25) is 9.59 Å². The number of halogens is 2. The predicted octanol–water partition coefficient (Wildman–Crippen LogP) is 6.59. The Morgan fingerprint density at radius 3 is 2.31 bits per heavy atom. The van der Waals surface area contributed by atoms with Gasteiger partial charge in [0.1, 0.15) is 5.82 Å². The molecule has 6 heteroatoms. The number of dihydropyridines is 1. The van der Waals surface area contributed by atoms with Gasteiger partial charge in [0.05, 0.1) is 0 Å². The Bertz CT molecular complexity index is 1350. The molecule has 1 heterocycles. The zero-order valence-corrected chi connectivity index (χ0v) is 20.7. The molecule has 0 fully saturated rings. The maximum absolute atomic E-state index is 13.6. The van der Waals surface area contributed by atoms with Crippen LogP contribution in [-0.2, 0) is 9.59 Å². The fraction of sp³-hybridized carbons (Fsp3) is 0.172. The number of allylic oxidation sites excluding steroid dienone is 3. The normalized spacial score (nSPS) is 19.8. The van der Waals surface area contributed by atoms with Crippen molar-refractivity contribution in [3.63, 3.8) is 0 Å². The molecule has 0 radical (unpaired) electrons. The zero-order chi connectivity index (χ0) is 24.5. The van der Waals surface area contributed by atoms with Crippen LogP contribution in [0.3, 0.4) is 0 Å². The van der Waals surface area contributed by atoms with Crippen LogP contribution in [0.2, 0.25) is 0 Å². The number of carbonyl (C=O) groups is 2. The third-order valence-corrected chi connectivity index (χ3v) is 7.18. The van der Waals surface area contributed by atoms with Crippen molar-refractivity contribution in [1.82, 2.24) is 5.32 Å². The number of anilines is 1. The van der Waals surface area contributed by atoms with Crippen molar-refractivity contribution < 1.29 is 14.0 Å². The molecule has 3 aromatic carbocycles. The molecule has 0 bridgehead atoms. The highest BCUT2D eigenvalue weighted by atomic mass is 79.9. The molecule has 1 amide bonds. The second-order valence-corrected chi connectivity index (χ2v) is 9.86. The molecule has 0 saturated heterocycles. The van der Waals surface area contributed by atoms with Gasteiger partial charge in [-0.05, 0) is 66.8 Å². The van der Waals surface area contributed by atoms with Crippen LogP contribution in [0.25, 0.3) is 0 Å². The van der Waals surface area contributed by atoms with E-state index in [-0.39, 0.29) is 23.4 Å². The van der Waals surface area contributed by atoms with Gasteiger partial charge in [0.25, 0.3) is 5.91 Å². The van der Waals surface area contributed by atoms with Gasteiger partial charge in [-0.2, -0.15) is 0 Å². The lowest BCUT2D eigenvalue weighted by Crippen LogP contribution is -2.37. The average molecular weight is 531 g/mol. The number of benzene rings is 3. The van der Waals surface area contributed by atoms with Crippen molar-refractivity contribution in [2.24, 2.45) is 0 Å². The maximum Gasteiger partial charge on any atom is 0.254 e. The fourth-order valence-electron chi connectivity index (χ4n) is 5.02. The first-order chi connectivity index (χ1) is 16.9. The summed E-state index contributed by atoms with van der Waals surface area (Å²) in [7, 11) is 0. The third-order valence-electron chi connectivity index (χ3n) is 6.65. The summed E-state index contributed by atoms with van der Waals surface area (Å²) < 4.78 is 14.3. The average Bonchev–Trinajstić information content (AvgIpc) is 2.85. The van der Waals surface area contributed by atoms with Crippen molar-refractivity contribution in [3.05, 3.63) is 123 Å². The summed E-state index contributed by atoms with van der Waals surface area (Å²) in [4.78, 5) is 27.2. The van der Waals surface area contributed by atoms with Crippen LogP contribution < -0.4 is 10.6 Å². The van der Waals surface area contributed by atoms with Crippen molar-refractivity contribution in [1.29, 1.82) is 0 Å². The number of carbonyl (C=O) groups excluding carboxylic acids is 2. The van der Waals surface area contributed by atoms with Crippen LogP contribution >= 0.6 is 15.9 Å². The second-order valence-electron chi connectivity index (χ2n) is 8.94. The third kappa shape index (κ3) is 4.71. The van der Waals surface area contributed by atoms with Crippen LogP contribution in [0.15, 0.2) is 106 Å². The number of Topliss-reactive ketones (excluding diaryl/α,β-unsaturated/α-hetero) is 1. The van der Waals surface area contributed by atoms with Gasteiger partial charge in [0.2, 0.25) is 0 Å². The summed E-state index contributed by atoms with van der Waals surface area (Å²) in [5, 5.41) is 6.27. The van der Waals surface area contributed by atoms with E-state index < -0.39 is 5.92 Å². The number of rotatable bonds is 4. The van der Waals surface area contributed by atoms with Gasteiger partial charge >= 0.3 is 0 Å². The molecule has 2 unspecified atom stereocenters. The molecular weight excluding hydrogens is 507 g/mol. The summed E-state index contributed by atoms with van der Waals surface area (Å²) in [6.07, 6.45) is 1.09. The summed E-state index contributed by atoms with van der Waals surface area (Å²) in [6.45, 7) is 1.87. The number of hydrogen-bond acceptors (Lipinski definition) is 3. The Morgan fingerprint density at radius 1 is 0.943 bits per heavy atom. The summed E-state index contributed by atoms with van der Waals surface area (Å²) in [6, 6.07) is 23.5. The molecule has 1 aliphatic carbocycles. The zero-order valence-electron chi connectivity index (χ0n) is 19.1. The van der Waals surface area contributed by atoms with E-state index in [1.807, 2.05) is 49.4 Å². The van der Waals surface area contributed by atoms with E-state index in [0.717, 1.165) is 21.3 Å². The highest BCUT2D eigenvalue weighted by Gasteiger charge is 2.40. The van der Waals surface area contributed by atoms with Crippen molar-refractivity contribution in [2.75, 3.05) is 5.32 Å². The van der Waals surface area contributed by atoms with Crippen molar-refractivity contribution in [3.8, 4) is 0 Å². The standard InChI is InChI=1S/C29H24BrFN2O2/c1-17-26(29(35)33-23-13-11-22(31)12-14-23)27(19-7-9-21(30)10-8-19)28-24(32-17)15-20(16-25(28)34)18-5-3-2-4-6-18/h2-14,20,27,32H,15-16H2,1H3,(H,33,35). The molecule has 2 atom stereocenters. The lowest BCUT2D eigenvalue weighted by Gasteiger charge is -2.37. The molecular formula is C29H24BrFN2O2. The van der Waals surface area contributed by atoms with E-state index in [1.54, 1.807) is 0 Å². The number of hydrogen-bond donors (Lipinski definition) is 2. The van der Waals surface area contributed by atoms with Crippen LogP contribution in [0.4, 0.5) is 10.1 Å². The smallest absolute Gasteiger partial charge is 0.254 e. The maximum atomic E-state index is 13.6. The Kier molecular flexibility index (Phi) is 6.39. The Balaban J connectivity index is 1.55. The summed E-state index contributed by atoms with van der Waals surface area (Å²) >= 11 is 3.48. The molecule has 5 rings (SSSR count). The van der Waals surface area contributed by atoms with Crippen LogP contribution in [0.1, 0.15) is 42.7 Å². The lowest BCUT2D eigenvalue weighted by atomic mass is 9.71. The van der Waals surface area contributed by atoms with Crippen LogP contribution in [0.5, 0.6) is 0 Å². The molecule has 0 aromatic heterocycles. The highest BCUT2D eigenvalue weighted by molar-refractivity contribution is 9.10. The van der Waals surface area contributed by atoms with Crippen LogP contribution in [-0.4, -0.2) is 11.7 Å². The summed E-state index contributed by atoms with van der Waals surface area (Å²) in [5.41, 5.74) is 5.21. The molecule has 1 aliphatic heterocycles. The number of amides is 1. The molecule has 0 saturated carbocycles. The first kappa shape index (κ1) is 23.2. The van der Waals surface area contributed by atoms with Gasteiger partial charge in [-0.1, -0.05) is 58.4 Å². The first-order valence-corrected chi connectivity index (χ1v) is 12.3. The molecule has 0 spiro atoms. The van der Waals surface area contributed by atoms with E-state index in [2.05, 4.69) is 38.7 Å². The van der Waals surface area contributed by atoms with Gasteiger partial charge in [0, 0.05) is 45.0 Å². The quantitative estimate of drug-likeness (QED) is 0.400. The minimum atomic E-state index is -0.496. The van der Waals surface area contributed by atoms with Crippen molar-refractivity contribution >= 4 is 33.3 Å². The van der Waals surface area contributed by atoms with Gasteiger partial charge in [-0.15, -0.1) is 0 Å². The minimum absolute atomic E-state index is 0.0418. The molecule has 3 aromatic rings. The van der Waals surface area contributed by atoms with E-state index in [4.69, 9.17) is 0 Å². The van der Waals surface area contributed by atoms with Crippen LogP contribution in [0, 0.1) is 5.82 Å². The Morgan fingerprint density at radius 2 is 1.63 bits per heavy atom. The number of ketones is 1. The van der Waals surface area contributed by atoms with E-state index in [1.165, 1.54) is 24.3 Å². The fourth-order valence-corrected chi connectivity index (χ4v) is 5.29. The molecule has 2 N–H and O–H groups in total. The Hall–Kier alpha value is -3.51. The number of nitrogens with one attached hydrogen (secondary N) is 2. The molecule has 2 aliphatic rings. The van der Waals surface area contributed by atoms with Crippen molar-refractivity contribution in [2.45, 2.75) is 31.6 Å². The van der Waals surface area contributed by atoms with Gasteiger partial charge in [0.15, 0.2) is 5.78 Å². The molecule has 35 heavy (non-hydrogen) atoms. The predicted molar refractivity (Wildman–Crippen MR) is 138 cm³/mol.